The predicted octanol–water partition coefficient (Wildman–Crippen LogP) is 3.88. The third-order valence-corrected chi connectivity index (χ3v) is 5.51. The summed E-state index contributed by atoms with van der Waals surface area (Å²) >= 11 is 0. The van der Waals surface area contributed by atoms with Gasteiger partial charge in [0.1, 0.15) is 0 Å². The van der Waals surface area contributed by atoms with Gasteiger partial charge in [-0.05, 0) is 30.5 Å². The van der Waals surface area contributed by atoms with Gasteiger partial charge in [0.2, 0.25) is 0 Å². The number of anilines is 2. The number of piperidine rings is 1. The van der Waals surface area contributed by atoms with E-state index in [9.17, 15) is 0 Å². The molecule has 1 aromatic heterocycles. The van der Waals surface area contributed by atoms with E-state index in [0.717, 1.165) is 25.3 Å². The Morgan fingerprint density at radius 3 is 2.40 bits per heavy atom. The number of fused-ring (bicyclic) bond motifs is 2. The largest absolute Gasteiger partial charge is 0.399 e. The molecule has 4 nitrogen and oxygen atoms in total. The van der Waals surface area contributed by atoms with Gasteiger partial charge < -0.3 is 10.6 Å². The lowest BCUT2D eigenvalue weighted by atomic mass is 9.86. The van der Waals surface area contributed by atoms with Gasteiger partial charge in [0, 0.05) is 30.3 Å². The molecule has 0 amide bonds. The number of hydrogen-bond donors (Lipinski definition) is 1. The number of nitrogens with two attached hydrogens (primary N) is 1. The van der Waals surface area contributed by atoms with E-state index in [4.69, 9.17) is 10.8 Å². The Bertz CT molecular complexity index is 888. The summed E-state index contributed by atoms with van der Waals surface area (Å²) in [4.78, 5) is 2.52. The topological polar surface area (TPSA) is 47.1 Å². The standard InChI is InChI=1S/C21H22N4/c22-18-8-6-17(7-9-18)20-21-19(16-10-12-24(21)13-11-16)23-25(20)14-15-4-2-1-3-5-15/h1-9,16H,10-14,22H2. The van der Waals surface area contributed by atoms with Crippen LogP contribution in [0.25, 0.3) is 11.3 Å². The van der Waals surface area contributed by atoms with E-state index >= 15 is 0 Å². The van der Waals surface area contributed by atoms with Crippen LogP contribution in [-0.2, 0) is 6.54 Å². The highest BCUT2D eigenvalue weighted by atomic mass is 15.3. The fourth-order valence-corrected chi connectivity index (χ4v) is 4.23. The minimum atomic E-state index is 0.615. The van der Waals surface area contributed by atoms with E-state index in [2.05, 4.69) is 52.0 Å². The zero-order valence-corrected chi connectivity index (χ0v) is 14.2. The number of aromatic nitrogens is 2. The van der Waals surface area contributed by atoms with Crippen LogP contribution in [0.15, 0.2) is 54.6 Å². The normalized spacial score (nSPS) is 16.2. The lowest BCUT2D eigenvalue weighted by molar-refractivity contribution is 0.463. The van der Waals surface area contributed by atoms with E-state index in [1.165, 1.54) is 41.0 Å². The molecule has 1 fully saturated rings. The smallest absolute Gasteiger partial charge is 0.0923 e. The average Bonchev–Trinajstić information content (AvgIpc) is 3.05. The first-order valence-corrected chi connectivity index (χ1v) is 9.05. The van der Waals surface area contributed by atoms with Gasteiger partial charge in [0.25, 0.3) is 0 Å². The Morgan fingerprint density at radius 1 is 0.960 bits per heavy atom. The number of benzene rings is 2. The van der Waals surface area contributed by atoms with Gasteiger partial charge in [-0.1, -0.05) is 42.5 Å². The summed E-state index contributed by atoms with van der Waals surface area (Å²) in [6, 6.07) is 18.8. The van der Waals surface area contributed by atoms with Gasteiger partial charge in [-0.2, -0.15) is 5.10 Å². The molecular formula is C21H22N4. The van der Waals surface area contributed by atoms with Crippen LogP contribution < -0.4 is 10.6 Å². The summed E-state index contributed by atoms with van der Waals surface area (Å²) in [7, 11) is 0. The van der Waals surface area contributed by atoms with Gasteiger partial charge in [0.15, 0.2) is 0 Å². The fraction of sp³-hybridized carbons (Fsp3) is 0.286. The van der Waals surface area contributed by atoms with Crippen LogP contribution >= 0.6 is 0 Å². The Labute approximate surface area is 147 Å². The summed E-state index contributed by atoms with van der Waals surface area (Å²) < 4.78 is 2.20. The van der Waals surface area contributed by atoms with Crippen molar-refractivity contribution in [3.05, 3.63) is 65.9 Å². The van der Waals surface area contributed by atoms with Crippen molar-refractivity contribution in [1.82, 2.24) is 9.78 Å². The summed E-state index contributed by atoms with van der Waals surface area (Å²) in [5, 5.41) is 5.07. The number of nitrogens with zero attached hydrogens (tertiary/aromatic N) is 3. The molecule has 3 aliphatic rings. The molecule has 0 saturated carbocycles. The molecule has 1 saturated heterocycles. The molecule has 126 valence electrons. The summed E-state index contributed by atoms with van der Waals surface area (Å²) in [6.45, 7) is 3.10. The van der Waals surface area contributed by atoms with Crippen molar-refractivity contribution < 1.29 is 0 Å². The Hall–Kier alpha value is -2.75. The summed E-state index contributed by atoms with van der Waals surface area (Å²) in [5.41, 5.74) is 13.1. The quantitative estimate of drug-likeness (QED) is 0.741. The molecule has 2 bridgehead atoms. The molecule has 2 N–H and O–H groups in total. The molecule has 3 aromatic rings. The zero-order chi connectivity index (χ0) is 16.8. The zero-order valence-electron chi connectivity index (χ0n) is 14.2. The number of hydrogen-bond acceptors (Lipinski definition) is 3. The lowest BCUT2D eigenvalue weighted by Crippen LogP contribution is -2.38. The first-order valence-electron chi connectivity index (χ1n) is 9.05. The van der Waals surface area contributed by atoms with Gasteiger partial charge in [-0.15, -0.1) is 0 Å². The van der Waals surface area contributed by atoms with Crippen LogP contribution in [0, 0.1) is 0 Å². The third-order valence-electron chi connectivity index (χ3n) is 5.51. The van der Waals surface area contributed by atoms with Crippen LogP contribution in [0.3, 0.4) is 0 Å². The first kappa shape index (κ1) is 14.6. The average molecular weight is 330 g/mol. The lowest BCUT2D eigenvalue weighted by Gasteiger charge is -2.39. The molecule has 0 spiro atoms. The maximum atomic E-state index is 5.91. The van der Waals surface area contributed by atoms with Crippen LogP contribution in [0.5, 0.6) is 0 Å². The SMILES string of the molecule is Nc1ccc(-c2c3c(nn2Cc2ccccc2)C2CCN3CC2)cc1. The van der Waals surface area contributed by atoms with Gasteiger partial charge in [-0.3, -0.25) is 4.68 Å². The fourth-order valence-electron chi connectivity index (χ4n) is 4.23. The number of nitrogen functional groups attached to an aromatic ring is 1. The molecule has 6 rings (SSSR count). The molecule has 3 aliphatic heterocycles. The van der Waals surface area contributed by atoms with Crippen molar-refractivity contribution >= 4 is 11.4 Å². The molecule has 4 heteroatoms. The highest BCUT2D eigenvalue weighted by Gasteiger charge is 2.37. The second-order valence-corrected chi connectivity index (χ2v) is 7.11. The highest BCUT2D eigenvalue weighted by molar-refractivity contribution is 5.80. The van der Waals surface area contributed by atoms with Crippen molar-refractivity contribution in [2.75, 3.05) is 23.7 Å². The van der Waals surface area contributed by atoms with Crippen molar-refractivity contribution in [2.45, 2.75) is 25.3 Å². The van der Waals surface area contributed by atoms with E-state index in [0.29, 0.717) is 5.92 Å². The monoisotopic (exact) mass is 330 g/mol. The van der Waals surface area contributed by atoms with Crippen LogP contribution in [0.4, 0.5) is 11.4 Å². The second kappa shape index (κ2) is 5.66. The van der Waals surface area contributed by atoms with Crippen LogP contribution in [0.1, 0.15) is 30.0 Å². The first-order chi connectivity index (χ1) is 12.3. The second-order valence-electron chi connectivity index (χ2n) is 7.11. The minimum Gasteiger partial charge on any atom is -0.399 e. The molecule has 0 aliphatic carbocycles. The predicted molar refractivity (Wildman–Crippen MR) is 102 cm³/mol. The van der Waals surface area contributed by atoms with E-state index in [-0.39, 0.29) is 0 Å². The molecule has 2 aromatic carbocycles. The van der Waals surface area contributed by atoms with Crippen LogP contribution in [0.2, 0.25) is 0 Å². The molecule has 0 atom stereocenters. The van der Waals surface area contributed by atoms with Gasteiger partial charge >= 0.3 is 0 Å². The molecular weight excluding hydrogens is 308 g/mol. The third kappa shape index (κ3) is 2.40. The Balaban J connectivity index is 1.67. The summed E-state index contributed by atoms with van der Waals surface area (Å²) in [6.07, 6.45) is 2.47. The Kier molecular flexibility index (Phi) is 3.30. The van der Waals surface area contributed by atoms with Crippen molar-refractivity contribution in [1.29, 1.82) is 0 Å². The van der Waals surface area contributed by atoms with Crippen LogP contribution in [-0.4, -0.2) is 22.9 Å². The van der Waals surface area contributed by atoms with Crippen molar-refractivity contribution in [3.63, 3.8) is 0 Å². The highest BCUT2D eigenvalue weighted by Crippen LogP contribution is 2.47. The summed E-state index contributed by atoms with van der Waals surface area (Å²) in [5.74, 6) is 0.615. The number of rotatable bonds is 3. The molecule has 4 heterocycles. The van der Waals surface area contributed by atoms with Gasteiger partial charge in [0.05, 0.1) is 23.6 Å². The maximum absolute atomic E-state index is 5.91. The van der Waals surface area contributed by atoms with E-state index in [1.807, 2.05) is 12.1 Å². The van der Waals surface area contributed by atoms with E-state index < -0.39 is 0 Å². The molecule has 0 unspecified atom stereocenters. The molecule has 25 heavy (non-hydrogen) atoms. The van der Waals surface area contributed by atoms with E-state index in [1.54, 1.807) is 0 Å². The van der Waals surface area contributed by atoms with Crippen molar-refractivity contribution in [2.24, 2.45) is 0 Å². The minimum absolute atomic E-state index is 0.615. The molecule has 0 radical (unpaired) electrons. The maximum Gasteiger partial charge on any atom is 0.0923 e. The van der Waals surface area contributed by atoms with Crippen molar-refractivity contribution in [3.8, 4) is 11.3 Å². The van der Waals surface area contributed by atoms with Gasteiger partial charge in [-0.25, -0.2) is 0 Å². The Morgan fingerprint density at radius 2 is 1.68 bits per heavy atom.